The topological polar surface area (TPSA) is 62.7 Å². The van der Waals surface area contributed by atoms with Crippen LogP contribution in [0.5, 0.6) is 0 Å². The number of nitrogens with two attached hydrogens (primary N) is 1. The van der Waals surface area contributed by atoms with Gasteiger partial charge in [0.2, 0.25) is 0 Å². The third kappa shape index (κ3) is 2.63. The minimum Gasteiger partial charge on any atom is -0.397 e. The van der Waals surface area contributed by atoms with Crippen LogP contribution in [-0.4, -0.2) is 4.98 Å². The monoisotopic (exact) mass is 249 g/mol. The molecule has 2 N–H and O–H groups in total. The molecule has 0 fully saturated rings. The van der Waals surface area contributed by atoms with Crippen molar-refractivity contribution in [2.24, 2.45) is 5.73 Å². The second-order valence-electron chi connectivity index (χ2n) is 4.44. The van der Waals surface area contributed by atoms with Crippen LogP contribution >= 0.6 is 0 Å². The minimum absolute atomic E-state index is 0.455. The lowest BCUT2D eigenvalue weighted by Gasteiger charge is -2.08. The first-order valence-electron chi connectivity index (χ1n) is 6.01. The molecule has 1 aromatic heterocycles. The molecule has 0 radical (unpaired) electrons. The second-order valence-corrected chi connectivity index (χ2v) is 4.44. The summed E-state index contributed by atoms with van der Waals surface area (Å²) in [4.78, 5) is 4.02. The van der Waals surface area contributed by atoms with Crippen LogP contribution < -0.4 is 5.73 Å². The van der Waals surface area contributed by atoms with Crippen molar-refractivity contribution in [1.29, 1.82) is 5.26 Å². The first-order chi connectivity index (χ1) is 9.13. The molecule has 0 amide bonds. The molecule has 0 aliphatic heterocycles. The quantitative estimate of drug-likeness (QED) is 0.832. The Bertz CT molecular complexity index is 664. The van der Waals surface area contributed by atoms with Gasteiger partial charge >= 0.3 is 0 Å². The van der Waals surface area contributed by atoms with Crippen LogP contribution in [0.25, 0.3) is 11.3 Å². The molecule has 0 aliphatic rings. The zero-order chi connectivity index (χ0) is 13.8. The van der Waals surface area contributed by atoms with Gasteiger partial charge in [0.25, 0.3) is 0 Å². The number of aryl methyl sites for hydroxylation is 2. The number of aromatic nitrogens is 1. The van der Waals surface area contributed by atoms with E-state index in [0.717, 1.165) is 16.7 Å². The van der Waals surface area contributed by atoms with E-state index in [9.17, 15) is 5.26 Å². The summed E-state index contributed by atoms with van der Waals surface area (Å²) in [5.74, 6) is 0. The zero-order valence-corrected chi connectivity index (χ0v) is 11.0. The lowest BCUT2D eigenvalue weighted by Crippen LogP contribution is -2.01. The fraction of sp³-hybridized carbons (Fsp3) is 0.125. The maximum absolute atomic E-state index is 9.32. The molecule has 3 heteroatoms. The Hall–Kier alpha value is -2.60. The molecule has 19 heavy (non-hydrogen) atoms. The lowest BCUT2D eigenvalue weighted by molar-refractivity contribution is 1.30. The second kappa shape index (κ2) is 5.36. The Labute approximate surface area is 113 Å². The summed E-state index contributed by atoms with van der Waals surface area (Å²) in [6.07, 6.45) is 3.32. The summed E-state index contributed by atoms with van der Waals surface area (Å²) >= 11 is 0. The van der Waals surface area contributed by atoms with Gasteiger partial charge in [-0.05, 0) is 42.7 Å². The van der Waals surface area contributed by atoms with Gasteiger partial charge in [-0.25, -0.2) is 0 Å². The number of nitriles is 1. The molecule has 94 valence electrons. The van der Waals surface area contributed by atoms with Gasteiger partial charge in [0.15, 0.2) is 0 Å². The van der Waals surface area contributed by atoms with Crippen LogP contribution in [0.3, 0.4) is 0 Å². The molecule has 2 rings (SSSR count). The van der Waals surface area contributed by atoms with Crippen LogP contribution in [0.2, 0.25) is 0 Å². The summed E-state index contributed by atoms with van der Waals surface area (Å²) in [6.45, 7) is 4.08. The van der Waals surface area contributed by atoms with Crippen LogP contribution in [0.1, 0.15) is 22.3 Å². The van der Waals surface area contributed by atoms with E-state index in [1.807, 2.05) is 38.1 Å². The van der Waals surface area contributed by atoms with E-state index in [4.69, 9.17) is 5.73 Å². The summed E-state index contributed by atoms with van der Waals surface area (Å²) in [7, 11) is 0. The number of hydrogen-bond donors (Lipinski definition) is 1. The van der Waals surface area contributed by atoms with Gasteiger partial charge < -0.3 is 5.73 Å². The largest absolute Gasteiger partial charge is 0.397 e. The van der Waals surface area contributed by atoms with Gasteiger partial charge in [0.1, 0.15) is 6.07 Å². The van der Waals surface area contributed by atoms with E-state index in [2.05, 4.69) is 11.1 Å². The van der Waals surface area contributed by atoms with E-state index in [0.29, 0.717) is 11.3 Å². The standard InChI is InChI=1S/C16H15N3/c1-11-5-6-13(8-12(11)2)16(18)15(9-17)14-4-3-7-19-10-14/h3-8,10H,18H2,1-2H3/b16-15+. The van der Waals surface area contributed by atoms with E-state index < -0.39 is 0 Å². The van der Waals surface area contributed by atoms with Crippen LogP contribution in [0.4, 0.5) is 0 Å². The van der Waals surface area contributed by atoms with Gasteiger partial charge in [0, 0.05) is 18.0 Å². The summed E-state index contributed by atoms with van der Waals surface area (Å²) in [6, 6.07) is 11.7. The third-order valence-corrected chi connectivity index (χ3v) is 3.15. The lowest BCUT2D eigenvalue weighted by atomic mass is 9.99. The normalized spacial score (nSPS) is 11.6. The Morgan fingerprint density at radius 1 is 1.16 bits per heavy atom. The van der Waals surface area contributed by atoms with Gasteiger partial charge in [-0.1, -0.05) is 18.2 Å². The summed E-state index contributed by atoms with van der Waals surface area (Å²) in [5, 5.41) is 9.32. The first kappa shape index (κ1) is 12.8. The van der Waals surface area contributed by atoms with Crippen LogP contribution in [0, 0.1) is 25.2 Å². The maximum atomic E-state index is 9.32. The fourth-order valence-corrected chi connectivity index (χ4v) is 1.84. The molecule has 1 aromatic carbocycles. The van der Waals surface area contributed by atoms with Crippen molar-refractivity contribution in [1.82, 2.24) is 4.98 Å². The number of nitrogens with zero attached hydrogens (tertiary/aromatic N) is 2. The molecule has 0 aliphatic carbocycles. The highest BCUT2D eigenvalue weighted by atomic mass is 14.6. The average molecular weight is 249 g/mol. The highest BCUT2D eigenvalue weighted by Gasteiger charge is 2.09. The van der Waals surface area contributed by atoms with Crippen molar-refractivity contribution in [3.63, 3.8) is 0 Å². The number of rotatable bonds is 2. The van der Waals surface area contributed by atoms with E-state index in [-0.39, 0.29) is 0 Å². The van der Waals surface area contributed by atoms with Crippen molar-refractivity contribution >= 4 is 11.3 Å². The molecule has 0 unspecified atom stereocenters. The highest BCUT2D eigenvalue weighted by Crippen LogP contribution is 2.23. The van der Waals surface area contributed by atoms with Gasteiger partial charge in [0.05, 0.1) is 11.3 Å². The molecule has 0 saturated carbocycles. The molecule has 0 spiro atoms. The van der Waals surface area contributed by atoms with E-state index in [1.54, 1.807) is 18.5 Å². The van der Waals surface area contributed by atoms with Gasteiger partial charge in [-0.3, -0.25) is 4.98 Å². The fourth-order valence-electron chi connectivity index (χ4n) is 1.84. The molecule has 0 saturated heterocycles. The highest BCUT2D eigenvalue weighted by molar-refractivity contribution is 5.95. The van der Waals surface area contributed by atoms with Crippen LogP contribution in [-0.2, 0) is 0 Å². The van der Waals surface area contributed by atoms with Gasteiger partial charge in [-0.2, -0.15) is 5.26 Å². The third-order valence-electron chi connectivity index (χ3n) is 3.15. The first-order valence-corrected chi connectivity index (χ1v) is 6.01. The van der Waals surface area contributed by atoms with Crippen molar-refractivity contribution in [2.45, 2.75) is 13.8 Å². The van der Waals surface area contributed by atoms with E-state index in [1.165, 1.54) is 5.56 Å². The maximum Gasteiger partial charge on any atom is 0.102 e. The smallest absolute Gasteiger partial charge is 0.102 e. The summed E-state index contributed by atoms with van der Waals surface area (Å²) < 4.78 is 0. The Balaban J connectivity index is 2.56. The number of hydrogen-bond acceptors (Lipinski definition) is 3. The molecule has 2 aromatic rings. The number of pyridine rings is 1. The Kier molecular flexibility index (Phi) is 3.63. The predicted molar refractivity (Wildman–Crippen MR) is 76.8 cm³/mol. The van der Waals surface area contributed by atoms with Crippen molar-refractivity contribution < 1.29 is 0 Å². The van der Waals surface area contributed by atoms with E-state index >= 15 is 0 Å². The summed E-state index contributed by atoms with van der Waals surface area (Å²) in [5.41, 5.74) is 11.0. The molecule has 0 atom stereocenters. The predicted octanol–water partition coefficient (Wildman–Crippen LogP) is 3.05. The number of allylic oxidation sites excluding steroid dienone is 1. The number of benzene rings is 1. The Morgan fingerprint density at radius 2 is 1.95 bits per heavy atom. The van der Waals surface area contributed by atoms with Gasteiger partial charge in [-0.15, -0.1) is 0 Å². The van der Waals surface area contributed by atoms with Crippen molar-refractivity contribution in [3.05, 3.63) is 65.0 Å². The average Bonchev–Trinajstić information content (AvgIpc) is 2.44. The SMILES string of the molecule is Cc1ccc(/C(N)=C(/C#N)c2cccnc2)cc1C. The molecular weight excluding hydrogens is 234 g/mol. The van der Waals surface area contributed by atoms with Crippen LogP contribution in [0.15, 0.2) is 42.7 Å². The van der Waals surface area contributed by atoms with Crippen molar-refractivity contribution in [3.8, 4) is 6.07 Å². The Morgan fingerprint density at radius 3 is 2.53 bits per heavy atom. The molecular formula is C16H15N3. The molecule has 0 bridgehead atoms. The van der Waals surface area contributed by atoms with Crippen molar-refractivity contribution in [2.75, 3.05) is 0 Å². The molecule has 1 heterocycles. The minimum atomic E-state index is 0.455. The zero-order valence-electron chi connectivity index (χ0n) is 11.0. The molecule has 3 nitrogen and oxygen atoms in total.